The van der Waals surface area contributed by atoms with Crippen LogP contribution in [0, 0.1) is 0 Å². The van der Waals surface area contributed by atoms with E-state index in [1.807, 2.05) is 47.2 Å². The average Bonchev–Trinajstić information content (AvgIpc) is 2.77. The molecule has 1 aromatic heterocycles. The fraction of sp³-hybridized carbons (Fsp3) is 0.0833. The molecule has 0 amide bonds. The van der Waals surface area contributed by atoms with Gasteiger partial charge in [-0.15, -0.1) is 0 Å². The first-order valence-corrected chi connectivity index (χ1v) is 4.64. The van der Waals surface area contributed by atoms with Gasteiger partial charge in [-0.05, 0) is 24.3 Å². The molecule has 3 heteroatoms. The number of benzene rings is 1. The zero-order valence-electron chi connectivity index (χ0n) is 8.42. The van der Waals surface area contributed by atoms with Crippen molar-refractivity contribution in [2.24, 2.45) is 0 Å². The van der Waals surface area contributed by atoms with Crippen molar-refractivity contribution in [1.29, 1.82) is 0 Å². The van der Waals surface area contributed by atoms with Gasteiger partial charge in [0.1, 0.15) is 5.75 Å². The van der Waals surface area contributed by atoms with Gasteiger partial charge >= 0.3 is 0 Å². The number of hydrogen-bond acceptors (Lipinski definition) is 1. The molecule has 0 aliphatic heterocycles. The molecule has 0 aliphatic carbocycles. The van der Waals surface area contributed by atoms with Crippen LogP contribution in [0.15, 0.2) is 42.6 Å². The molecule has 0 fully saturated rings. The van der Waals surface area contributed by atoms with Gasteiger partial charge in [0.15, 0.2) is 0 Å². The van der Waals surface area contributed by atoms with Crippen LogP contribution in [0.1, 0.15) is 5.69 Å². The van der Waals surface area contributed by atoms with Crippen LogP contribution in [0.5, 0.6) is 5.75 Å². The minimum Gasteiger partial charge on any atom is -0.497 e. The van der Waals surface area contributed by atoms with Crippen molar-refractivity contribution in [3.63, 3.8) is 0 Å². The maximum atomic E-state index is 9.02. The van der Waals surface area contributed by atoms with Crippen LogP contribution in [0.4, 0.5) is 0 Å². The quantitative estimate of drug-likeness (QED) is 0.693. The third-order valence-corrected chi connectivity index (χ3v) is 2.24. The molecule has 3 nitrogen and oxygen atoms in total. The molecule has 0 aliphatic rings. The number of hydrogen-bond donors (Lipinski definition) is 0. The Hall–Kier alpha value is -2.03. The van der Waals surface area contributed by atoms with Crippen LogP contribution < -0.4 is 10.1 Å². The number of methoxy groups -OCH3 is 1. The van der Waals surface area contributed by atoms with Crippen LogP contribution in [0.25, 0.3) is 5.69 Å². The zero-order valence-corrected chi connectivity index (χ0v) is 8.42. The zero-order chi connectivity index (χ0) is 10.7. The summed E-state index contributed by atoms with van der Waals surface area (Å²) in [4.78, 5) is 0. The minimum absolute atomic E-state index is 0.739. The summed E-state index contributed by atoms with van der Waals surface area (Å²) in [5.41, 5.74) is 1.70. The molecule has 1 radical (unpaired) electrons. The molecule has 0 bridgehead atoms. The van der Waals surface area contributed by atoms with Crippen molar-refractivity contribution in [3.8, 4) is 11.4 Å². The van der Waals surface area contributed by atoms with E-state index in [2.05, 4.69) is 0 Å². The van der Waals surface area contributed by atoms with Gasteiger partial charge in [0.25, 0.3) is 0 Å². The molecule has 75 valence electrons. The van der Waals surface area contributed by atoms with Crippen LogP contribution in [-0.2, 0) is 0 Å². The highest BCUT2D eigenvalue weighted by Crippen LogP contribution is 2.17. The van der Waals surface area contributed by atoms with E-state index >= 15 is 0 Å². The first-order chi connectivity index (χ1) is 7.35. The van der Waals surface area contributed by atoms with E-state index in [1.165, 1.54) is 0 Å². The lowest BCUT2D eigenvalue weighted by Gasteiger charge is -2.07. The molecule has 2 rings (SSSR count). The predicted molar refractivity (Wildman–Crippen MR) is 59.6 cm³/mol. The Kier molecular flexibility index (Phi) is 2.54. The summed E-state index contributed by atoms with van der Waals surface area (Å²) >= 11 is 0. The Morgan fingerprint density at radius 3 is 2.87 bits per heavy atom. The van der Waals surface area contributed by atoms with Gasteiger partial charge in [-0.1, -0.05) is 6.07 Å². The predicted octanol–water partition coefficient (Wildman–Crippen LogP) is 1.70. The lowest BCUT2D eigenvalue weighted by Crippen LogP contribution is -1.98. The number of nitrogens with zero attached hydrogens (tertiary/aromatic N) is 2. The molecule has 15 heavy (non-hydrogen) atoms. The lowest BCUT2D eigenvalue weighted by atomic mass is 10.3. The van der Waals surface area contributed by atoms with Crippen molar-refractivity contribution in [2.75, 3.05) is 7.11 Å². The smallest absolute Gasteiger partial charge is 0.120 e. The second kappa shape index (κ2) is 4.00. The summed E-state index contributed by atoms with van der Waals surface area (Å²) in [5.74, 6) is 0.796. The molecule has 0 N–H and O–H groups in total. The summed E-state index contributed by atoms with van der Waals surface area (Å²) in [6.45, 7) is 0. The Bertz CT molecular complexity index is 474. The topological polar surface area (TPSA) is 36.5 Å². The first-order valence-electron chi connectivity index (χ1n) is 4.64. The molecule has 0 saturated heterocycles. The summed E-state index contributed by atoms with van der Waals surface area (Å²) in [5, 5.41) is 9.02. The maximum Gasteiger partial charge on any atom is 0.120 e. The standard InChI is InChI=1S/C12H11N2O/c1-15-12-6-2-4-10(8-12)14-7-3-5-11(14)9-13/h2-9H,1H3. The highest BCUT2D eigenvalue weighted by Gasteiger charge is 2.01. The second-order valence-corrected chi connectivity index (χ2v) is 3.13. The van der Waals surface area contributed by atoms with Gasteiger partial charge in [-0.3, -0.25) is 0 Å². The van der Waals surface area contributed by atoms with E-state index in [1.54, 1.807) is 7.11 Å². The van der Waals surface area contributed by atoms with Gasteiger partial charge in [0.2, 0.25) is 0 Å². The van der Waals surface area contributed by atoms with E-state index in [0.717, 1.165) is 23.3 Å². The Morgan fingerprint density at radius 1 is 1.27 bits per heavy atom. The fourth-order valence-corrected chi connectivity index (χ4v) is 1.49. The normalized spacial score (nSPS) is 9.93. The third kappa shape index (κ3) is 1.76. The third-order valence-electron chi connectivity index (χ3n) is 2.24. The number of aromatic nitrogens is 1. The average molecular weight is 199 g/mol. The van der Waals surface area contributed by atoms with Crippen molar-refractivity contribution in [3.05, 3.63) is 48.3 Å². The summed E-state index contributed by atoms with van der Waals surface area (Å²) < 4.78 is 7.02. The van der Waals surface area contributed by atoms with E-state index in [4.69, 9.17) is 10.1 Å². The van der Waals surface area contributed by atoms with Crippen molar-refractivity contribution in [1.82, 2.24) is 9.98 Å². The Labute approximate surface area is 88.4 Å². The Morgan fingerprint density at radius 2 is 2.13 bits per heavy atom. The molecule has 0 spiro atoms. The van der Waals surface area contributed by atoms with E-state index in [0.29, 0.717) is 0 Å². The van der Waals surface area contributed by atoms with Crippen molar-refractivity contribution >= 4 is 6.21 Å². The number of ether oxygens (including phenoxy) is 1. The van der Waals surface area contributed by atoms with Crippen LogP contribution in [0.3, 0.4) is 0 Å². The summed E-state index contributed by atoms with van der Waals surface area (Å²) in [6, 6.07) is 11.4. The van der Waals surface area contributed by atoms with Gasteiger partial charge < -0.3 is 9.30 Å². The molecular weight excluding hydrogens is 188 g/mol. The van der Waals surface area contributed by atoms with Crippen LogP contribution in [-0.4, -0.2) is 17.9 Å². The monoisotopic (exact) mass is 199 g/mol. The van der Waals surface area contributed by atoms with Crippen LogP contribution in [0.2, 0.25) is 0 Å². The van der Waals surface area contributed by atoms with Crippen LogP contribution >= 0.6 is 0 Å². The van der Waals surface area contributed by atoms with Crippen molar-refractivity contribution in [2.45, 2.75) is 0 Å². The second-order valence-electron chi connectivity index (χ2n) is 3.13. The molecule has 0 unspecified atom stereocenters. The lowest BCUT2D eigenvalue weighted by molar-refractivity contribution is 0.414. The molecule has 0 saturated carbocycles. The SMILES string of the molecule is COc1cccc(-n2cccc2C=[N])c1. The molecule has 2 aromatic rings. The largest absolute Gasteiger partial charge is 0.497 e. The Balaban J connectivity index is 2.48. The van der Waals surface area contributed by atoms with Gasteiger partial charge in [0, 0.05) is 18.0 Å². The maximum absolute atomic E-state index is 9.02. The number of rotatable bonds is 3. The highest BCUT2D eigenvalue weighted by molar-refractivity contribution is 5.76. The minimum atomic E-state index is 0.739. The van der Waals surface area contributed by atoms with Crippen molar-refractivity contribution < 1.29 is 4.74 Å². The van der Waals surface area contributed by atoms with Gasteiger partial charge in [-0.2, -0.15) is 5.41 Å². The molecular formula is C12H11N2O. The molecule has 1 heterocycles. The van der Waals surface area contributed by atoms with E-state index in [9.17, 15) is 0 Å². The highest BCUT2D eigenvalue weighted by atomic mass is 16.5. The molecule has 0 atom stereocenters. The van der Waals surface area contributed by atoms with E-state index in [-0.39, 0.29) is 0 Å². The van der Waals surface area contributed by atoms with Gasteiger partial charge in [0.05, 0.1) is 19.0 Å². The summed E-state index contributed by atoms with van der Waals surface area (Å²) in [6.07, 6.45) is 2.97. The van der Waals surface area contributed by atoms with E-state index < -0.39 is 0 Å². The first kappa shape index (κ1) is 9.52. The fourth-order valence-electron chi connectivity index (χ4n) is 1.49. The van der Waals surface area contributed by atoms with Gasteiger partial charge in [-0.25, -0.2) is 0 Å². The molecule has 1 aromatic carbocycles. The summed E-state index contributed by atoms with van der Waals surface area (Å²) in [7, 11) is 1.63.